The Bertz CT molecular complexity index is 776. The standard InChI is InChI=1S/C16H17ClN4O2S/c1-3-23-14(22)12-11(9-17)18-15-19-16(24-2)20-21(15)13(12)10-7-5-4-6-8-10/h4-8,13H,3,9H2,1-2H3,(H,18,19,20)/t13-/m0/s1. The summed E-state index contributed by atoms with van der Waals surface area (Å²) in [6.45, 7) is 2.07. The zero-order chi connectivity index (χ0) is 17.1. The van der Waals surface area contributed by atoms with Crippen LogP contribution in [0.3, 0.4) is 0 Å². The Kier molecular flexibility index (Phi) is 5.11. The molecule has 0 saturated heterocycles. The highest BCUT2D eigenvalue weighted by Gasteiger charge is 2.35. The molecule has 1 atom stereocenters. The minimum atomic E-state index is -0.427. The molecular formula is C16H17ClN4O2S. The maximum absolute atomic E-state index is 12.6. The number of nitrogens with zero attached hydrogens (tertiary/aromatic N) is 3. The summed E-state index contributed by atoms with van der Waals surface area (Å²) in [6.07, 6.45) is 1.90. The lowest BCUT2D eigenvalue weighted by Gasteiger charge is -2.28. The zero-order valence-electron chi connectivity index (χ0n) is 13.3. The van der Waals surface area contributed by atoms with E-state index in [0.29, 0.717) is 29.0 Å². The molecule has 1 aliphatic rings. The maximum Gasteiger partial charge on any atom is 0.338 e. The number of allylic oxidation sites excluding steroid dienone is 1. The lowest BCUT2D eigenvalue weighted by Crippen LogP contribution is -2.31. The maximum atomic E-state index is 12.6. The summed E-state index contributed by atoms with van der Waals surface area (Å²) in [4.78, 5) is 17.0. The Labute approximate surface area is 149 Å². The Hall–Kier alpha value is -1.99. The molecule has 0 amide bonds. The molecule has 1 aromatic heterocycles. The van der Waals surface area contributed by atoms with Crippen molar-refractivity contribution >= 4 is 35.3 Å². The second-order valence-electron chi connectivity index (χ2n) is 5.05. The Morgan fingerprint density at radius 2 is 2.17 bits per heavy atom. The number of anilines is 1. The molecule has 2 heterocycles. The van der Waals surface area contributed by atoms with Crippen molar-refractivity contribution in [3.05, 3.63) is 47.2 Å². The van der Waals surface area contributed by atoms with Crippen LogP contribution in [0.15, 0.2) is 46.8 Å². The topological polar surface area (TPSA) is 69.0 Å². The molecule has 0 unspecified atom stereocenters. The Morgan fingerprint density at radius 1 is 1.42 bits per heavy atom. The fourth-order valence-corrected chi connectivity index (χ4v) is 3.20. The van der Waals surface area contributed by atoms with Crippen molar-refractivity contribution in [3.8, 4) is 0 Å². The SMILES string of the molecule is CCOC(=O)C1=C(CCl)Nc2nc(SC)nn2[C@H]1c1ccccc1. The molecule has 0 fully saturated rings. The quantitative estimate of drug-likeness (QED) is 0.499. The van der Waals surface area contributed by atoms with Crippen molar-refractivity contribution in [2.75, 3.05) is 24.1 Å². The van der Waals surface area contributed by atoms with Gasteiger partial charge in [-0.3, -0.25) is 0 Å². The summed E-state index contributed by atoms with van der Waals surface area (Å²) in [5, 5.41) is 8.25. The van der Waals surface area contributed by atoms with Crippen LogP contribution in [-0.4, -0.2) is 39.5 Å². The van der Waals surface area contributed by atoms with Crippen molar-refractivity contribution in [1.82, 2.24) is 14.8 Å². The molecule has 24 heavy (non-hydrogen) atoms. The van der Waals surface area contributed by atoms with Gasteiger partial charge in [-0.25, -0.2) is 9.48 Å². The molecule has 3 rings (SSSR count). The summed E-state index contributed by atoms with van der Waals surface area (Å²) < 4.78 is 6.96. The van der Waals surface area contributed by atoms with Gasteiger partial charge in [0.25, 0.3) is 0 Å². The number of fused-ring (bicyclic) bond motifs is 1. The van der Waals surface area contributed by atoms with Gasteiger partial charge < -0.3 is 10.1 Å². The van der Waals surface area contributed by atoms with Crippen LogP contribution in [0.1, 0.15) is 18.5 Å². The van der Waals surface area contributed by atoms with Gasteiger partial charge in [0, 0.05) is 5.70 Å². The van der Waals surface area contributed by atoms with Crippen LogP contribution < -0.4 is 5.32 Å². The average Bonchev–Trinajstić information content (AvgIpc) is 3.03. The van der Waals surface area contributed by atoms with Crippen LogP contribution in [0.4, 0.5) is 5.95 Å². The third-order valence-electron chi connectivity index (χ3n) is 3.64. The molecular weight excluding hydrogens is 348 g/mol. The van der Waals surface area contributed by atoms with Gasteiger partial charge in [0.2, 0.25) is 11.1 Å². The number of ether oxygens (including phenoxy) is 1. The monoisotopic (exact) mass is 364 g/mol. The molecule has 8 heteroatoms. The van der Waals surface area contributed by atoms with Crippen LogP contribution >= 0.6 is 23.4 Å². The van der Waals surface area contributed by atoms with Crippen molar-refractivity contribution in [1.29, 1.82) is 0 Å². The van der Waals surface area contributed by atoms with E-state index in [0.717, 1.165) is 5.56 Å². The Morgan fingerprint density at radius 3 is 2.79 bits per heavy atom. The highest BCUT2D eigenvalue weighted by molar-refractivity contribution is 7.98. The van der Waals surface area contributed by atoms with Crippen molar-refractivity contribution in [3.63, 3.8) is 0 Å². The molecule has 126 valence electrons. The minimum absolute atomic E-state index is 0.152. The molecule has 1 N–H and O–H groups in total. The first kappa shape index (κ1) is 16.9. The highest BCUT2D eigenvalue weighted by atomic mass is 35.5. The molecule has 0 saturated carbocycles. The first-order valence-corrected chi connectivity index (χ1v) is 9.24. The van der Waals surface area contributed by atoms with E-state index in [2.05, 4.69) is 15.4 Å². The van der Waals surface area contributed by atoms with Crippen LogP contribution in [0, 0.1) is 0 Å². The summed E-state index contributed by atoms with van der Waals surface area (Å²) in [6, 6.07) is 9.25. The van der Waals surface area contributed by atoms with E-state index in [1.807, 2.05) is 36.6 Å². The highest BCUT2D eigenvalue weighted by Crippen LogP contribution is 2.36. The van der Waals surface area contributed by atoms with Crippen LogP contribution in [0.5, 0.6) is 0 Å². The number of rotatable bonds is 5. The van der Waals surface area contributed by atoms with E-state index in [-0.39, 0.29) is 5.88 Å². The van der Waals surface area contributed by atoms with Crippen LogP contribution in [-0.2, 0) is 9.53 Å². The first-order valence-electron chi connectivity index (χ1n) is 7.48. The second kappa shape index (κ2) is 7.27. The zero-order valence-corrected chi connectivity index (χ0v) is 14.9. The predicted octanol–water partition coefficient (Wildman–Crippen LogP) is 3.07. The van der Waals surface area contributed by atoms with Gasteiger partial charge >= 0.3 is 5.97 Å². The van der Waals surface area contributed by atoms with Crippen molar-refractivity contribution in [2.45, 2.75) is 18.1 Å². The van der Waals surface area contributed by atoms with Crippen LogP contribution in [0.2, 0.25) is 0 Å². The van der Waals surface area contributed by atoms with Gasteiger partial charge in [0.1, 0.15) is 6.04 Å². The van der Waals surface area contributed by atoms with Gasteiger partial charge in [0.15, 0.2) is 0 Å². The third-order valence-corrected chi connectivity index (χ3v) is 4.45. The summed E-state index contributed by atoms with van der Waals surface area (Å²) in [5.74, 6) is 0.317. The van der Waals surface area contributed by atoms with E-state index in [1.54, 1.807) is 11.6 Å². The van der Waals surface area contributed by atoms with Gasteiger partial charge in [-0.1, -0.05) is 42.1 Å². The molecule has 2 aromatic rings. The molecule has 0 spiro atoms. The summed E-state index contributed by atoms with van der Waals surface area (Å²) >= 11 is 7.53. The van der Waals surface area contributed by atoms with Crippen molar-refractivity contribution in [2.24, 2.45) is 0 Å². The third kappa shape index (κ3) is 3.01. The van der Waals surface area contributed by atoms with E-state index >= 15 is 0 Å². The first-order chi connectivity index (χ1) is 11.7. The summed E-state index contributed by atoms with van der Waals surface area (Å²) in [5.41, 5.74) is 1.98. The lowest BCUT2D eigenvalue weighted by atomic mass is 9.96. The van der Waals surface area contributed by atoms with E-state index in [4.69, 9.17) is 16.3 Å². The molecule has 0 radical (unpaired) electrons. The van der Waals surface area contributed by atoms with Gasteiger partial charge in [0.05, 0.1) is 18.1 Å². The molecule has 1 aromatic carbocycles. The Balaban J connectivity index is 2.18. The van der Waals surface area contributed by atoms with E-state index in [9.17, 15) is 4.79 Å². The number of alkyl halides is 1. The van der Waals surface area contributed by atoms with Crippen LogP contribution in [0.25, 0.3) is 0 Å². The second-order valence-corrected chi connectivity index (χ2v) is 6.09. The number of hydrogen-bond acceptors (Lipinski definition) is 6. The van der Waals surface area contributed by atoms with Crippen molar-refractivity contribution < 1.29 is 9.53 Å². The average molecular weight is 365 g/mol. The molecule has 0 bridgehead atoms. The van der Waals surface area contributed by atoms with Gasteiger partial charge in [-0.05, 0) is 18.7 Å². The fraction of sp³-hybridized carbons (Fsp3) is 0.312. The number of esters is 1. The minimum Gasteiger partial charge on any atom is -0.463 e. The molecule has 1 aliphatic heterocycles. The van der Waals surface area contributed by atoms with E-state index < -0.39 is 12.0 Å². The number of nitrogens with one attached hydrogen (secondary N) is 1. The van der Waals surface area contributed by atoms with Gasteiger partial charge in [-0.2, -0.15) is 4.98 Å². The van der Waals surface area contributed by atoms with E-state index in [1.165, 1.54) is 11.8 Å². The smallest absolute Gasteiger partial charge is 0.338 e. The number of thioether (sulfide) groups is 1. The summed E-state index contributed by atoms with van der Waals surface area (Å²) in [7, 11) is 0. The number of hydrogen-bond donors (Lipinski definition) is 1. The molecule has 0 aliphatic carbocycles. The van der Waals surface area contributed by atoms with Gasteiger partial charge in [-0.15, -0.1) is 16.7 Å². The largest absolute Gasteiger partial charge is 0.463 e. The number of carbonyl (C=O) groups excluding carboxylic acids is 1. The number of benzene rings is 1. The normalized spacial score (nSPS) is 16.5. The number of aromatic nitrogens is 3. The molecule has 6 nitrogen and oxygen atoms in total. The fourth-order valence-electron chi connectivity index (χ4n) is 2.64. The number of carbonyl (C=O) groups is 1. The predicted molar refractivity (Wildman–Crippen MR) is 94.4 cm³/mol. The lowest BCUT2D eigenvalue weighted by molar-refractivity contribution is -0.139. The number of halogens is 1.